The summed E-state index contributed by atoms with van der Waals surface area (Å²) in [7, 11) is 0. The summed E-state index contributed by atoms with van der Waals surface area (Å²) in [5.74, 6) is 0.726. The average Bonchev–Trinajstić information content (AvgIpc) is 2.39. The van der Waals surface area contributed by atoms with Crippen LogP contribution in [0, 0.1) is 6.92 Å². The van der Waals surface area contributed by atoms with Crippen molar-refractivity contribution in [2.24, 2.45) is 0 Å². The summed E-state index contributed by atoms with van der Waals surface area (Å²) in [5.41, 5.74) is 4.34. The van der Waals surface area contributed by atoms with Crippen molar-refractivity contribution in [3.05, 3.63) is 46.2 Å². The van der Waals surface area contributed by atoms with E-state index >= 15 is 0 Å². The highest BCUT2D eigenvalue weighted by Gasteiger charge is 2.16. The van der Waals surface area contributed by atoms with E-state index in [4.69, 9.17) is 11.6 Å². The van der Waals surface area contributed by atoms with Gasteiger partial charge in [0.15, 0.2) is 5.82 Å². The third-order valence-electron chi connectivity index (χ3n) is 3.16. The predicted molar refractivity (Wildman–Crippen MR) is 72.6 cm³/mol. The van der Waals surface area contributed by atoms with Gasteiger partial charge in [-0.3, -0.25) is 0 Å². The van der Waals surface area contributed by atoms with Gasteiger partial charge in [-0.2, -0.15) is 0 Å². The number of benzene rings is 1. The molecule has 0 radical (unpaired) electrons. The van der Waals surface area contributed by atoms with Crippen LogP contribution in [0.25, 0.3) is 11.4 Å². The molecule has 2 aromatic rings. The SMILES string of the molecule is Cc1cccc(-c2nc(Cl)c3c(n2)CCNC3)c1. The lowest BCUT2D eigenvalue weighted by Crippen LogP contribution is -2.25. The zero-order chi connectivity index (χ0) is 12.5. The molecule has 0 fully saturated rings. The maximum Gasteiger partial charge on any atom is 0.161 e. The molecule has 1 N–H and O–H groups in total. The summed E-state index contributed by atoms with van der Waals surface area (Å²) in [6.45, 7) is 3.78. The van der Waals surface area contributed by atoms with E-state index in [-0.39, 0.29) is 0 Å². The van der Waals surface area contributed by atoms with Crippen molar-refractivity contribution in [2.45, 2.75) is 19.9 Å². The monoisotopic (exact) mass is 259 g/mol. The van der Waals surface area contributed by atoms with Crippen molar-refractivity contribution < 1.29 is 0 Å². The summed E-state index contributed by atoms with van der Waals surface area (Å²) >= 11 is 6.25. The van der Waals surface area contributed by atoms with Gasteiger partial charge in [0, 0.05) is 30.6 Å². The summed E-state index contributed by atoms with van der Waals surface area (Å²) in [4.78, 5) is 9.06. The Bertz CT molecular complexity index is 596. The lowest BCUT2D eigenvalue weighted by molar-refractivity contribution is 0.627. The second-order valence-electron chi connectivity index (χ2n) is 4.56. The van der Waals surface area contributed by atoms with Crippen molar-refractivity contribution in [2.75, 3.05) is 6.54 Å². The Morgan fingerprint density at radius 3 is 3.00 bits per heavy atom. The number of fused-ring (bicyclic) bond motifs is 1. The van der Waals surface area contributed by atoms with Gasteiger partial charge in [0.2, 0.25) is 0 Å². The molecule has 1 aliphatic heterocycles. The third kappa shape index (κ3) is 2.11. The first-order valence-electron chi connectivity index (χ1n) is 6.07. The molecule has 0 saturated heterocycles. The zero-order valence-corrected chi connectivity index (χ0v) is 11.0. The smallest absolute Gasteiger partial charge is 0.161 e. The van der Waals surface area contributed by atoms with E-state index in [1.807, 2.05) is 12.1 Å². The minimum atomic E-state index is 0.573. The zero-order valence-electron chi connectivity index (χ0n) is 10.2. The minimum Gasteiger partial charge on any atom is -0.312 e. The molecule has 0 spiro atoms. The number of aromatic nitrogens is 2. The van der Waals surface area contributed by atoms with Gasteiger partial charge in [-0.1, -0.05) is 35.4 Å². The van der Waals surface area contributed by atoms with Gasteiger partial charge in [-0.15, -0.1) is 0 Å². The number of hydrogen-bond donors (Lipinski definition) is 1. The number of rotatable bonds is 1. The maximum atomic E-state index is 6.25. The second-order valence-corrected chi connectivity index (χ2v) is 4.92. The minimum absolute atomic E-state index is 0.573. The fourth-order valence-corrected chi connectivity index (χ4v) is 2.47. The van der Waals surface area contributed by atoms with Crippen molar-refractivity contribution in [1.29, 1.82) is 0 Å². The molecule has 0 atom stereocenters. The van der Waals surface area contributed by atoms with Crippen molar-refractivity contribution in [3.8, 4) is 11.4 Å². The van der Waals surface area contributed by atoms with Crippen LogP contribution in [-0.4, -0.2) is 16.5 Å². The fraction of sp³-hybridized carbons (Fsp3) is 0.286. The van der Waals surface area contributed by atoms with E-state index < -0.39 is 0 Å². The van der Waals surface area contributed by atoms with Gasteiger partial charge in [-0.05, 0) is 13.0 Å². The van der Waals surface area contributed by atoms with Crippen molar-refractivity contribution >= 4 is 11.6 Å². The molecule has 0 amide bonds. The van der Waals surface area contributed by atoms with Gasteiger partial charge >= 0.3 is 0 Å². The van der Waals surface area contributed by atoms with Crippen LogP contribution in [0.5, 0.6) is 0 Å². The van der Waals surface area contributed by atoms with E-state index in [0.717, 1.165) is 42.2 Å². The largest absolute Gasteiger partial charge is 0.312 e. The molecule has 2 heterocycles. The van der Waals surface area contributed by atoms with Gasteiger partial charge in [0.1, 0.15) is 5.15 Å². The Kier molecular flexibility index (Phi) is 3.02. The van der Waals surface area contributed by atoms with E-state index in [1.165, 1.54) is 5.56 Å². The molecular formula is C14H14ClN3. The van der Waals surface area contributed by atoms with Crippen LogP contribution in [0.4, 0.5) is 0 Å². The highest BCUT2D eigenvalue weighted by atomic mass is 35.5. The number of aryl methyl sites for hydroxylation is 1. The highest BCUT2D eigenvalue weighted by molar-refractivity contribution is 6.30. The summed E-state index contributed by atoms with van der Waals surface area (Å²) in [6.07, 6.45) is 0.913. The van der Waals surface area contributed by atoms with Crippen LogP contribution in [-0.2, 0) is 13.0 Å². The Labute approximate surface area is 111 Å². The number of nitrogens with zero attached hydrogens (tertiary/aromatic N) is 2. The van der Waals surface area contributed by atoms with Crippen LogP contribution in [0.2, 0.25) is 5.15 Å². The van der Waals surface area contributed by atoms with E-state index in [1.54, 1.807) is 0 Å². The van der Waals surface area contributed by atoms with E-state index in [9.17, 15) is 0 Å². The lowest BCUT2D eigenvalue weighted by atomic mass is 10.1. The molecule has 0 bridgehead atoms. The van der Waals surface area contributed by atoms with Crippen molar-refractivity contribution in [1.82, 2.24) is 15.3 Å². The molecule has 92 valence electrons. The van der Waals surface area contributed by atoms with E-state index in [2.05, 4.69) is 34.3 Å². The summed E-state index contributed by atoms with van der Waals surface area (Å²) in [6, 6.07) is 8.18. The van der Waals surface area contributed by atoms with Crippen LogP contribution in [0.1, 0.15) is 16.8 Å². The Morgan fingerprint density at radius 1 is 1.28 bits per heavy atom. The van der Waals surface area contributed by atoms with Crippen LogP contribution < -0.4 is 5.32 Å². The summed E-state index contributed by atoms with van der Waals surface area (Å²) in [5, 5.41) is 3.86. The molecule has 3 rings (SSSR count). The quantitative estimate of drug-likeness (QED) is 0.801. The fourth-order valence-electron chi connectivity index (χ4n) is 2.22. The topological polar surface area (TPSA) is 37.8 Å². The third-order valence-corrected chi connectivity index (χ3v) is 3.47. The molecule has 3 nitrogen and oxygen atoms in total. The lowest BCUT2D eigenvalue weighted by Gasteiger charge is -2.17. The normalized spacial score (nSPS) is 14.3. The molecule has 0 unspecified atom stereocenters. The van der Waals surface area contributed by atoms with Crippen LogP contribution in [0.15, 0.2) is 24.3 Å². The van der Waals surface area contributed by atoms with Crippen LogP contribution >= 0.6 is 11.6 Å². The molecule has 1 aromatic carbocycles. The molecular weight excluding hydrogens is 246 g/mol. The molecule has 1 aromatic heterocycles. The van der Waals surface area contributed by atoms with Crippen molar-refractivity contribution in [3.63, 3.8) is 0 Å². The maximum absolute atomic E-state index is 6.25. The molecule has 4 heteroatoms. The molecule has 0 saturated carbocycles. The first-order chi connectivity index (χ1) is 8.74. The van der Waals surface area contributed by atoms with Gasteiger partial charge < -0.3 is 5.32 Å². The Hall–Kier alpha value is -1.45. The number of hydrogen-bond acceptors (Lipinski definition) is 3. The van der Waals surface area contributed by atoms with Gasteiger partial charge in [0.05, 0.1) is 5.69 Å². The standard InChI is InChI=1S/C14H14ClN3/c1-9-3-2-4-10(7-9)14-17-12-5-6-16-8-11(12)13(15)18-14/h2-4,7,16H,5-6,8H2,1H3. The Balaban J connectivity index is 2.11. The second kappa shape index (κ2) is 4.67. The molecule has 1 aliphatic rings. The first-order valence-corrected chi connectivity index (χ1v) is 6.45. The predicted octanol–water partition coefficient (Wildman–Crippen LogP) is 2.75. The summed E-state index contributed by atoms with van der Waals surface area (Å²) < 4.78 is 0. The number of nitrogens with one attached hydrogen (secondary N) is 1. The first kappa shape index (κ1) is 11.6. The van der Waals surface area contributed by atoms with Crippen LogP contribution in [0.3, 0.4) is 0 Å². The molecule has 0 aliphatic carbocycles. The highest BCUT2D eigenvalue weighted by Crippen LogP contribution is 2.24. The van der Waals surface area contributed by atoms with Gasteiger partial charge in [-0.25, -0.2) is 9.97 Å². The average molecular weight is 260 g/mol. The Morgan fingerprint density at radius 2 is 2.17 bits per heavy atom. The van der Waals surface area contributed by atoms with E-state index in [0.29, 0.717) is 5.15 Å². The molecule has 18 heavy (non-hydrogen) atoms. The number of halogens is 1. The van der Waals surface area contributed by atoms with Gasteiger partial charge in [0.25, 0.3) is 0 Å².